The molecule has 1 atom stereocenters. The summed E-state index contributed by atoms with van der Waals surface area (Å²) in [6, 6.07) is 21.3. The maximum atomic E-state index is 12.6. The van der Waals surface area contributed by atoms with Gasteiger partial charge in [-0.05, 0) is 43.1 Å². The van der Waals surface area contributed by atoms with E-state index in [1.165, 1.54) is 0 Å². The van der Waals surface area contributed by atoms with Gasteiger partial charge in [0.25, 0.3) is 0 Å². The Labute approximate surface area is 175 Å². The van der Waals surface area contributed by atoms with E-state index in [0.717, 1.165) is 21.7 Å². The first kappa shape index (κ1) is 20.8. The molecule has 1 heterocycles. The molecule has 2 amide bonds. The van der Waals surface area contributed by atoms with E-state index < -0.39 is 0 Å². The Morgan fingerprint density at radius 1 is 0.931 bits per heavy atom. The third-order valence-corrected chi connectivity index (χ3v) is 5.37. The van der Waals surface area contributed by atoms with Crippen molar-refractivity contribution in [3.8, 4) is 0 Å². The molecule has 3 aromatic rings. The average molecular weight is 408 g/mol. The number of likely N-dealkylation sites (N-methyl/N-ethyl adjacent to an activating group) is 1. The van der Waals surface area contributed by atoms with Gasteiger partial charge in [-0.2, -0.15) is 0 Å². The lowest BCUT2D eigenvalue weighted by Crippen LogP contribution is -2.40. The third-order valence-electron chi connectivity index (χ3n) is 4.43. The van der Waals surface area contributed by atoms with Crippen LogP contribution in [0, 0.1) is 6.92 Å². The number of anilines is 1. The van der Waals surface area contributed by atoms with Gasteiger partial charge in [0.15, 0.2) is 0 Å². The van der Waals surface area contributed by atoms with Crippen LogP contribution in [0.2, 0.25) is 0 Å². The molecule has 150 valence electrons. The quantitative estimate of drug-likeness (QED) is 0.597. The number of hydrogen-bond donors (Lipinski definition) is 2. The van der Waals surface area contributed by atoms with Crippen LogP contribution in [-0.2, 0) is 9.59 Å². The maximum Gasteiger partial charge on any atom is 0.238 e. The highest BCUT2D eigenvalue weighted by atomic mass is 32.1. The van der Waals surface area contributed by atoms with E-state index in [1.54, 1.807) is 23.3 Å². The predicted octanol–water partition coefficient (Wildman–Crippen LogP) is 3.83. The van der Waals surface area contributed by atoms with Gasteiger partial charge in [-0.25, -0.2) is 0 Å². The van der Waals surface area contributed by atoms with Crippen LogP contribution >= 0.6 is 11.3 Å². The minimum Gasteiger partial charge on any atom is -0.343 e. The van der Waals surface area contributed by atoms with Crippen molar-refractivity contribution in [2.45, 2.75) is 13.0 Å². The Balaban J connectivity index is 1.55. The second-order valence-corrected chi connectivity index (χ2v) is 7.99. The summed E-state index contributed by atoms with van der Waals surface area (Å²) in [5, 5.41) is 7.94. The summed E-state index contributed by atoms with van der Waals surface area (Å²) in [6.07, 6.45) is 0. The van der Waals surface area contributed by atoms with E-state index in [1.807, 2.05) is 79.0 Å². The molecule has 0 radical (unpaired) electrons. The second-order valence-electron chi connectivity index (χ2n) is 7.01. The molecular formula is C23H25N3O2S. The van der Waals surface area contributed by atoms with Gasteiger partial charge in [-0.15, -0.1) is 11.3 Å². The molecule has 0 bridgehead atoms. The SMILES string of the molecule is Cc1ccc(NC(=O)CN(C)CC(=O)N[C@H](c2ccccc2)c2cccs2)cc1. The van der Waals surface area contributed by atoms with E-state index >= 15 is 0 Å². The van der Waals surface area contributed by atoms with Gasteiger partial charge in [0.05, 0.1) is 19.1 Å². The van der Waals surface area contributed by atoms with Gasteiger partial charge < -0.3 is 10.6 Å². The number of amides is 2. The van der Waals surface area contributed by atoms with Crippen molar-refractivity contribution in [2.75, 3.05) is 25.5 Å². The number of nitrogens with zero attached hydrogens (tertiary/aromatic N) is 1. The molecule has 0 aliphatic heterocycles. The number of thiophene rings is 1. The Kier molecular flexibility index (Phi) is 7.16. The number of aryl methyl sites for hydroxylation is 1. The first-order valence-corrected chi connectivity index (χ1v) is 10.3. The minimum absolute atomic E-state index is 0.127. The summed E-state index contributed by atoms with van der Waals surface area (Å²) in [4.78, 5) is 27.6. The van der Waals surface area contributed by atoms with Crippen molar-refractivity contribution in [3.63, 3.8) is 0 Å². The summed E-state index contributed by atoms with van der Waals surface area (Å²) in [5.74, 6) is -0.278. The van der Waals surface area contributed by atoms with Crippen LogP contribution < -0.4 is 10.6 Å². The second kappa shape index (κ2) is 10.0. The number of nitrogens with one attached hydrogen (secondary N) is 2. The summed E-state index contributed by atoms with van der Waals surface area (Å²) in [7, 11) is 1.76. The topological polar surface area (TPSA) is 61.4 Å². The smallest absolute Gasteiger partial charge is 0.238 e. The maximum absolute atomic E-state index is 12.6. The van der Waals surface area contributed by atoms with E-state index in [9.17, 15) is 9.59 Å². The molecule has 0 unspecified atom stereocenters. The molecule has 1 aromatic heterocycles. The van der Waals surface area contributed by atoms with Crippen LogP contribution in [0.1, 0.15) is 22.0 Å². The molecule has 0 spiro atoms. The highest BCUT2D eigenvalue weighted by Crippen LogP contribution is 2.25. The largest absolute Gasteiger partial charge is 0.343 e. The average Bonchev–Trinajstić information content (AvgIpc) is 3.23. The monoisotopic (exact) mass is 407 g/mol. The normalized spacial score (nSPS) is 11.8. The Morgan fingerprint density at radius 2 is 1.62 bits per heavy atom. The fourth-order valence-corrected chi connectivity index (χ4v) is 3.81. The zero-order valence-electron chi connectivity index (χ0n) is 16.6. The van der Waals surface area contributed by atoms with Gasteiger partial charge in [0, 0.05) is 10.6 Å². The van der Waals surface area contributed by atoms with E-state index in [4.69, 9.17) is 0 Å². The number of benzene rings is 2. The van der Waals surface area contributed by atoms with Crippen molar-refractivity contribution in [1.82, 2.24) is 10.2 Å². The lowest BCUT2D eigenvalue weighted by Gasteiger charge is -2.21. The molecule has 0 saturated heterocycles. The molecule has 2 aromatic carbocycles. The fourth-order valence-electron chi connectivity index (χ4n) is 3.01. The first-order valence-electron chi connectivity index (χ1n) is 9.44. The first-order chi connectivity index (χ1) is 14.0. The number of carbonyl (C=O) groups excluding carboxylic acids is 2. The number of rotatable bonds is 8. The zero-order valence-corrected chi connectivity index (χ0v) is 17.4. The fraction of sp³-hybridized carbons (Fsp3) is 0.217. The van der Waals surface area contributed by atoms with Gasteiger partial charge >= 0.3 is 0 Å². The van der Waals surface area contributed by atoms with Crippen molar-refractivity contribution in [3.05, 3.63) is 88.1 Å². The third kappa shape index (κ3) is 6.27. The van der Waals surface area contributed by atoms with Crippen LogP contribution in [0.25, 0.3) is 0 Å². The Morgan fingerprint density at radius 3 is 2.28 bits per heavy atom. The van der Waals surface area contributed by atoms with Crippen LogP contribution in [-0.4, -0.2) is 36.9 Å². The molecule has 0 fully saturated rings. The van der Waals surface area contributed by atoms with Crippen molar-refractivity contribution < 1.29 is 9.59 Å². The molecule has 3 rings (SSSR count). The minimum atomic E-state index is -0.196. The molecule has 5 nitrogen and oxygen atoms in total. The van der Waals surface area contributed by atoms with Crippen LogP contribution in [0.5, 0.6) is 0 Å². The highest BCUT2D eigenvalue weighted by molar-refractivity contribution is 7.10. The summed E-state index contributed by atoms with van der Waals surface area (Å²) in [5.41, 5.74) is 2.92. The predicted molar refractivity (Wildman–Crippen MR) is 118 cm³/mol. The lowest BCUT2D eigenvalue weighted by atomic mass is 10.1. The molecule has 29 heavy (non-hydrogen) atoms. The summed E-state index contributed by atoms with van der Waals surface area (Å²) < 4.78 is 0. The Bertz CT molecular complexity index is 925. The van der Waals surface area contributed by atoms with Crippen LogP contribution in [0.15, 0.2) is 72.1 Å². The van der Waals surface area contributed by atoms with Gasteiger partial charge in [-0.1, -0.05) is 54.1 Å². The standard InChI is InChI=1S/C23H25N3O2S/c1-17-10-12-19(13-11-17)24-21(27)15-26(2)16-22(28)25-23(20-9-6-14-29-20)18-7-4-3-5-8-18/h3-14,23H,15-16H2,1-2H3,(H,24,27)(H,25,28)/t23-/m1/s1. The molecule has 0 aliphatic carbocycles. The van der Waals surface area contributed by atoms with Gasteiger partial charge in [0.2, 0.25) is 11.8 Å². The number of hydrogen-bond acceptors (Lipinski definition) is 4. The van der Waals surface area contributed by atoms with Crippen molar-refractivity contribution in [1.29, 1.82) is 0 Å². The molecule has 0 aliphatic rings. The van der Waals surface area contributed by atoms with Gasteiger partial charge in [-0.3, -0.25) is 14.5 Å². The van der Waals surface area contributed by atoms with E-state index in [0.29, 0.717) is 0 Å². The van der Waals surface area contributed by atoms with Crippen molar-refractivity contribution in [2.24, 2.45) is 0 Å². The molecule has 6 heteroatoms. The molecule has 0 saturated carbocycles. The lowest BCUT2D eigenvalue weighted by molar-refractivity contribution is -0.123. The van der Waals surface area contributed by atoms with E-state index in [2.05, 4.69) is 10.6 Å². The number of carbonyl (C=O) groups is 2. The highest BCUT2D eigenvalue weighted by Gasteiger charge is 2.19. The van der Waals surface area contributed by atoms with Crippen LogP contribution in [0.3, 0.4) is 0 Å². The summed E-state index contributed by atoms with van der Waals surface area (Å²) in [6.45, 7) is 2.27. The zero-order chi connectivity index (χ0) is 20.6. The molecular weight excluding hydrogens is 382 g/mol. The van der Waals surface area contributed by atoms with Gasteiger partial charge in [0.1, 0.15) is 0 Å². The van der Waals surface area contributed by atoms with Crippen LogP contribution in [0.4, 0.5) is 5.69 Å². The Hall–Kier alpha value is -2.96. The molecule has 2 N–H and O–H groups in total. The van der Waals surface area contributed by atoms with Crippen molar-refractivity contribution >= 4 is 28.8 Å². The summed E-state index contributed by atoms with van der Waals surface area (Å²) >= 11 is 1.61. The van der Waals surface area contributed by atoms with E-state index in [-0.39, 0.29) is 30.9 Å².